The van der Waals surface area contributed by atoms with Crippen LogP contribution in [0.15, 0.2) is 42.5 Å². The average Bonchev–Trinajstić information content (AvgIpc) is 2.32. The summed E-state index contributed by atoms with van der Waals surface area (Å²) in [6.07, 6.45) is 0. The van der Waals surface area contributed by atoms with Crippen LogP contribution >= 0.6 is 0 Å². The smallest absolute Gasteiger partial charge is 0.258 e. The van der Waals surface area contributed by atoms with Gasteiger partial charge in [-0.1, -0.05) is 12.1 Å². The Kier molecular flexibility index (Phi) is 2.82. The van der Waals surface area contributed by atoms with E-state index in [1.54, 1.807) is 0 Å². The largest absolute Gasteiger partial charge is 0.277 e. The first-order valence-electron chi connectivity index (χ1n) is 4.78. The van der Waals surface area contributed by atoms with E-state index in [9.17, 15) is 18.9 Å². The molecule has 0 amide bonds. The third-order valence-corrected chi connectivity index (χ3v) is 2.32. The van der Waals surface area contributed by atoms with Crippen LogP contribution in [0.1, 0.15) is 0 Å². The topological polar surface area (TPSA) is 43.1 Å². The number of hydrogen-bond acceptors (Lipinski definition) is 2. The van der Waals surface area contributed by atoms with Gasteiger partial charge in [-0.3, -0.25) is 10.1 Å². The zero-order valence-electron chi connectivity index (χ0n) is 8.56. The molecule has 17 heavy (non-hydrogen) atoms. The third kappa shape index (κ3) is 2.13. The molecule has 0 heterocycles. The second-order valence-electron chi connectivity index (χ2n) is 3.40. The highest BCUT2D eigenvalue weighted by molar-refractivity contribution is 5.73. The molecule has 0 unspecified atom stereocenters. The highest BCUT2D eigenvalue weighted by atomic mass is 19.1. The van der Waals surface area contributed by atoms with E-state index in [0.717, 1.165) is 18.2 Å². The van der Waals surface area contributed by atoms with Crippen molar-refractivity contribution in [2.24, 2.45) is 0 Å². The van der Waals surface area contributed by atoms with Crippen molar-refractivity contribution in [2.45, 2.75) is 0 Å². The Morgan fingerprint density at radius 1 is 1.00 bits per heavy atom. The van der Waals surface area contributed by atoms with Gasteiger partial charge in [-0.2, -0.15) is 0 Å². The Morgan fingerprint density at radius 2 is 1.71 bits per heavy atom. The maximum absolute atomic E-state index is 13.5. The van der Waals surface area contributed by atoms with E-state index in [2.05, 4.69) is 0 Å². The summed E-state index contributed by atoms with van der Waals surface area (Å²) in [5.74, 6) is -1.33. The minimum absolute atomic E-state index is 0.0644. The Bertz CT molecular complexity index is 584. The molecule has 0 saturated carbocycles. The van der Waals surface area contributed by atoms with Gasteiger partial charge in [0.15, 0.2) is 0 Å². The SMILES string of the molecule is O=[N+]([O-])c1ccccc1-c1cc(F)ccc1F. The van der Waals surface area contributed by atoms with Crippen molar-refractivity contribution >= 4 is 5.69 Å². The standard InChI is InChI=1S/C12H7F2NO2/c13-8-5-6-11(14)10(7-8)9-3-1-2-4-12(9)15(16)17/h1-7H. The minimum Gasteiger partial charge on any atom is -0.258 e. The van der Waals surface area contributed by atoms with E-state index in [1.807, 2.05) is 0 Å². The van der Waals surface area contributed by atoms with Crippen LogP contribution in [0.5, 0.6) is 0 Å². The van der Waals surface area contributed by atoms with E-state index >= 15 is 0 Å². The minimum atomic E-state index is -0.694. The van der Waals surface area contributed by atoms with E-state index in [4.69, 9.17) is 0 Å². The first-order chi connectivity index (χ1) is 8.09. The molecule has 0 fully saturated rings. The lowest BCUT2D eigenvalue weighted by molar-refractivity contribution is -0.384. The molecule has 0 aliphatic heterocycles. The molecule has 2 aromatic rings. The molecule has 3 nitrogen and oxygen atoms in total. The fourth-order valence-electron chi connectivity index (χ4n) is 1.56. The van der Waals surface area contributed by atoms with Gasteiger partial charge in [0.05, 0.1) is 10.5 Å². The summed E-state index contributed by atoms with van der Waals surface area (Å²) in [5, 5.41) is 10.8. The van der Waals surface area contributed by atoms with Crippen LogP contribution in [0.2, 0.25) is 0 Å². The molecule has 0 N–H and O–H groups in total. The summed E-state index contributed by atoms with van der Waals surface area (Å²) < 4.78 is 26.5. The molecular weight excluding hydrogens is 228 g/mol. The van der Waals surface area contributed by atoms with E-state index in [0.29, 0.717) is 0 Å². The second kappa shape index (κ2) is 4.29. The number of nitrogens with zero attached hydrogens (tertiary/aromatic N) is 1. The lowest BCUT2D eigenvalue weighted by Gasteiger charge is -2.04. The molecule has 86 valence electrons. The van der Waals surface area contributed by atoms with Crippen LogP contribution < -0.4 is 0 Å². The van der Waals surface area contributed by atoms with Gasteiger partial charge < -0.3 is 0 Å². The molecule has 2 aromatic carbocycles. The summed E-state index contributed by atoms with van der Waals surface area (Å²) in [5.41, 5.74) is -0.302. The number of hydrogen-bond donors (Lipinski definition) is 0. The fraction of sp³-hybridized carbons (Fsp3) is 0. The van der Waals surface area contributed by atoms with Crippen LogP contribution in [0.25, 0.3) is 11.1 Å². The normalized spacial score (nSPS) is 10.2. The van der Waals surface area contributed by atoms with Crippen molar-refractivity contribution < 1.29 is 13.7 Å². The predicted molar refractivity (Wildman–Crippen MR) is 58.4 cm³/mol. The third-order valence-electron chi connectivity index (χ3n) is 2.32. The Morgan fingerprint density at radius 3 is 2.41 bits per heavy atom. The summed E-state index contributed by atoms with van der Waals surface area (Å²) in [6, 6.07) is 8.49. The molecule has 0 aromatic heterocycles. The highest BCUT2D eigenvalue weighted by Crippen LogP contribution is 2.31. The first kappa shape index (κ1) is 11.2. The second-order valence-corrected chi connectivity index (χ2v) is 3.40. The molecule has 0 radical (unpaired) electrons. The quantitative estimate of drug-likeness (QED) is 0.590. The van der Waals surface area contributed by atoms with Gasteiger partial charge in [-0.15, -0.1) is 0 Å². The van der Waals surface area contributed by atoms with Crippen molar-refractivity contribution in [1.29, 1.82) is 0 Å². The van der Waals surface area contributed by atoms with Crippen molar-refractivity contribution in [3.8, 4) is 11.1 Å². The number of benzene rings is 2. The van der Waals surface area contributed by atoms with Crippen LogP contribution in [0.3, 0.4) is 0 Å². The van der Waals surface area contributed by atoms with E-state index in [1.165, 1.54) is 24.3 Å². The molecule has 2 rings (SSSR count). The maximum atomic E-state index is 13.5. The maximum Gasteiger partial charge on any atom is 0.277 e. The number of nitro benzene ring substituents is 1. The summed E-state index contributed by atoms with van der Waals surface area (Å²) in [7, 11) is 0. The summed E-state index contributed by atoms with van der Waals surface area (Å²) in [6.45, 7) is 0. The summed E-state index contributed by atoms with van der Waals surface area (Å²) >= 11 is 0. The Labute approximate surface area is 95.5 Å². The molecule has 5 heteroatoms. The first-order valence-corrected chi connectivity index (χ1v) is 4.78. The van der Waals surface area contributed by atoms with Crippen molar-refractivity contribution in [2.75, 3.05) is 0 Å². The van der Waals surface area contributed by atoms with Crippen molar-refractivity contribution in [3.05, 3.63) is 64.2 Å². The van der Waals surface area contributed by atoms with Crippen LogP contribution in [-0.4, -0.2) is 4.92 Å². The van der Waals surface area contributed by atoms with Gasteiger partial charge in [0.2, 0.25) is 0 Å². The number of para-hydroxylation sites is 1. The molecule has 0 spiro atoms. The van der Waals surface area contributed by atoms with Gasteiger partial charge in [-0.25, -0.2) is 8.78 Å². The molecule has 0 saturated heterocycles. The molecule has 0 aliphatic carbocycles. The zero-order valence-corrected chi connectivity index (χ0v) is 8.56. The van der Waals surface area contributed by atoms with Crippen LogP contribution in [0, 0.1) is 21.7 Å². The van der Waals surface area contributed by atoms with Gasteiger partial charge in [0.25, 0.3) is 5.69 Å². The van der Waals surface area contributed by atoms with Crippen molar-refractivity contribution in [3.63, 3.8) is 0 Å². The lowest BCUT2D eigenvalue weighted by Crippen LogP contribution is -1.94. The fourth-order valence-corrected chi connectivity index (χ4v) is 1.56. The van der Waals surface area contributed by atoms with E-state index in [-0.39, 0.29) is 16.8 Å². The Balaban J connectivity index is 2.68. The molecular formula is C12H7F2NO2. The molecule has 0 bridgehead atoms. The number of nitro groups is 1. The lowest BCUT2D eigenvalue weighted by atomic mass is 10.0. The highest BCUT2D eigenvalue weighted by Gasteiger charge is 2.17. The molecule has 0 aliphatic rings. The van der Waals surface area contributed by atoms with Gasteiger partial charge in [0.1, 0.15) is 11.6 Å². The van der Waals surface area contributed by atoms with Crippen LogP contribution in [-0.2, 0) is 0 Å². The number of rotatable bonds is 2. The average molecular weight is 235 g/mol. The van der Waals surface area contributed by atoms with E-state index < -0.39 is 16.6 Å². The predicted octanol–water partition coefficient (Wildman–Crippen LogP) is 3.54. The van der Waals surface area contributed by atoms with Crippen molar-refractivity contribution in [1.82, 2.24) is 0 Å². The van der Waals surface area contributed by atoms with Gasteiger partial charge >= 0.3 is 0 Å². The Hall–Kier alpha value is -2.30. The summed E-state index contributed by atoms with van der Waals surface area (Å²) in [4.78, 5) is 10.2. The number of halogens is 2. The monoisotopic (exact) mass is 235 g/mol. The van der Waals surface area contributed by atoms with Gasteiger partial charge in [0, 0.05) is 11.6 Å². The molecule has 0 atom stereocenters. The van der Waals surface area contributed by atoms with Crippen LogP contribution in [0.4, 0.5) is 14.5 Å². The van der Waals surface area contributed by atoms with Gasteiger partial charge in [-0.05, 0) is 24.3 Å². The zero-order chi connectivity index (χ0) is 12.4.